The van der Waals surface area contributed by atoms with Crippen molar-refractivity contribution in [2.75, 3.05) is 5.32 Å². The van der Waals surface area contributed by atoms with Gasteiger partial charge in [0.25, 0.3) is 0 Å². The van der Waals surface area contributed by atoms with Crippen LogP contribution in [0.2, 0.25) is 0 Å². The SMILES string of the molecule is Cc1ccc(Nc2ccncc2)c(C(=O)O)c1. The largest absolute Gasteiger partial charge is 0.478 e. The molecule has 0 amide bonds. The molecule has 0 unspecified atom stereocenters. The second kappa shape index (κ2) is 4.65. The summed E-state index contributed by atoms with van der Waals surface area (Å²) in [6.45, 7) is 1.86. The van der Waals surface area contributed by atoms with E-state index in [4.69, 9.17) is 5.11 Å². The maximum Gasteiger partial charge on any atom is 0.337 e. The Hall–Kier alpha value is -2.36. The van der Waals surface area contributed by atoms with Crippen LogP contribution in [-0.2, 0) is 0 Å². The topological polar surface area (TPSA) is 62.2 Å². The highest BCUT2D eigenvalue weighted by Gasteiger charge is 2.09. The number of aromatic nitrogens is 1. The number of hydrogen-bond donors (Lipinski definition) is 2. The standard InChI is InChI=1S/C13H12N2O2/c1-9-2-3-12(11(8-9)13(16)17)15-10-4-6-14-7-5-10/h2-8H,1H3,(H,14,15)(H,16,17). The van der Waals surface area contributed by atoms with Crippen LogP contribution in [0, 0.1) is 6.92 Å². The molecule has 0 bridgehead atoms. The second-order valence-electron chi connectivity index (χ2n) is 3.72. The van der Waals surface area contributed by atoms with Gasteiger partial charge in [-0.1, -0.05) is 11.6 Å². The first kappa shape index (κ1) is 11.1. The summed E-state index contributed by atoms with van der Waals surface area (Å²) in [6.07, 6.45) is 3.30. The summed E-state index contributed by atoms with van der Waals surface area (Å²) < 4.78 is 0. The van der Waals surface area contributed by atoms with Gasteiger partial charge in [0, 0.05) is 18.1 Å². The van der Waals surface area contributed by atoms with Crippen molar-refractivity contribution in [2.24, 2.45) is 0 Å². The van der Waals surface area contributed by atoms with Gasteiger partial charge >= 0.3 is 5.97 Å². The molecule has 17 heavy (non-hydrogen) atoms. The Balaban J connectivity index is 2.36. The highest BCUT2D eigenvalue weighted by atomic mass is 16.4. The average Bonchev–Trinajstić information content (AvgIpc) is 2.32. The van der Waals surface area contributed by atoms with E-state index in [-0.39, 0.29) is 5.56 Å². The Kier molecular flexibility index (Phi) is 3.05. The molecule has 0 spiro atoms. The fourth-order valence-corrected chi connectivity index (χ4v) is 1.53. The van der Waals surface area contributed by atoms with Gasteiger partial charge in [0.05, 0.1) is 11.3 Å². The van der Waals surface area contributed by atoms with Crippen LogP contribution in [0.25, 0.3) is 0 Å². The Morgan fingerprint density at radius 2 is 1.94 bits per heavy atom. The lowest BCUT2D eigenvalue weighted by atomic mass is 10.1. The number of anilines is 2. The van der Waals surface area contributed by atoms with Gasteiger partial charge in [0.15, 0.2) is 0 Å². The number of carbonyl (C=O) groups is 1. The highest BCUT2D eigenvalue weighted by molar-refractivity contribution is 5.95. The third-order valence-corrected chi connectivity index (χ3v) is 2.36. The van der Waals surface area contributed by atoms with E-state index in [1.807, 2.05) is 13.0 Å². The van der Waals surface area contributed by atoms with E-state index in [2.05, 4.69) is 10.3 Å². The molecule has 0 aliphatic heterocycles. The lowest BCUT2D eigenvalue weighted by molar-refractivity contribution is 0.0698. The molecule has 86 valence electrons. The molecule has 1 aromatic carbocycles. The monoisotopic (exact) mass is 228 g/mol. The molecule has 2 rings (SSSR count). The predicted molar refractivity (Wildman–Crippen MR) is 65.7 cm³/mol. The van der Waals surface area contributed by atoms with E-state index >= 15 is 0 Å². The highest BCUT2D eigenvalue weighted by Crippen LogP contribution is 2.21. The molecular formula is C13H12N2O2. The number of aryl methyl sites for hydroxylation is 1. The van der Waals surface area contributed by atoms with E-state index < -0.39 is 5.97 Å². The van der Waals surface area contributed by atoms with Gasteiger partial charge in [-0.3, -0.25) is 4.98 Å². The Labute approximate surface area is 98.9 Å². The van der Waals surface area contributed by atoms with Crippen molar-refractivity contribution in [3.63, 3.8) is 0 Å². The maximum absolute atomic E-state index is 11.1. The van der Waals surface area contributed by atoms with Gasteiger partial charge in [0.2, 0.25) is 0 Å². The van der Waals surface area contributed by atoms with Gasteiger partial charge in [0.1, 0.15) is 0 Å². The zero-order valence-electron chi connectivity index (χ0n) is 9.34. The third-order valence-electron chi connectivity index (χ3n) is 2.36. The molecule has 0 fully saturated rings. The molecule has 0 atom stereocenters. The normalized spacial score (nSPS) is 9.94. The summed E-state index contributed by atoms with van der Waals surface area (Å²) in [5.41, 5.74) is 2.57. The van der Waals surface area contributed by atoms with Gasteiger partial charge in [-0.25, -0.2) is 4.79 Å². The number of aromatic carboxylic acids is 1. The molecule has 1 aromatic heterocycles. The summed E-state index contributed by atoms with van der Waals surface area (Å²) in [5.74, 6) is -0.940. The number of carboxylic acid groups (broad SMARTS) is 1. The zero-order chi connectivity index (χ0) is 12.3. The van der Waals surface area contributed by atoms with Crippen molar-refractivity contribution >= 4 is 17.3 Å². The number of pyridine rings is 1. The Morgan fingerprint density at radius 1 is 1.24 bits per heavy atom. The lowest BCUT2D eigenvalue weighted by Crippen LogP contribution is -2.03. The van der Waals surface area contributed by atoms with Crippen molar-refractivity contribution < 1.29 is 9.90 Å². The smallest absolute Gasteiger partial charge is 0.337 e. The fraction of sp³-hybridized carbons (Fsp3) is 0.0769. The van der Waals surface area contributed by atoms with E-state index in [0.717, 1.165) is 11.3 Å². The minimum atomic E-state index is -0.940. The molecule has 0 saturated carbocycles. The number of rotatable bonds is 3. The Bertz CT molecular complexity index is 538. The molecule has 0 saturated heterocycles. The van der Waals surface area contributed by atoms with Crippen LogP contribution in [0.5, 0.6) is 0 Å². The van der Waals surface area contributed by atoms with Gasteiger partial charge in [-0.05, 0) is 31.2 Å². The summed E-state index contributed by atoms with van der Waals surface area (Å²) in [4.78, 5) is 15.0. The first-order chi connectivity index (χ1) is 8.16. The number of benzene rings is 1. The van der Waals surface area contributed by atoms with Crippen molar-refractivity contribution in [2.45, 2.75) is 6.92 Å². The molecule has 0 radical (unpaired) electrons. The summed E-state index contributed by atoms with van der Waals surface area (Å²) in [7, 11) is 0. The predicted octanol–water partition coefficient (Wildman–Crippen LogP) is 2.83. The van der Waals surface area contributed by atoms with Crippen molar-refractivity contribution in [1.29, 1.82) is 0 Å². The molecule has 0 aliphatic rings. The maximum atomic E-state index is 11.1. The minimum Gasteiger partial charge on any atom is -0.478 e. The van der Waals surface area contributed by atoms with Crippen molar-refractivity contribution in [3.8, 4) is 0 Å². The first-order valence-corrected chi connectivity index (χ1v) is 5.18. The number of hydrogen-bond acceptors (Lipinski definition) is 3. The summed E-state index contributed by atoms with van der Waals surface area (Å²) in [6, 6.07) is 8.85. The summed E-state index contributed by atoms with van der Waals surface area (Å²) in [5, 5.41) is 12.2. The molecule has 4 heteroatoms. The molecule has 2 aromatic rings. The average molecular weight is 228 g/mol. The number of nitrogens with zero attached hydrogens (tertiary/aromatic N) is 1. The molecule has 2 N–H and O–H groups in total. The fourth-order valence-electron chi connectivity index (χ4n) is 1.53. The Morgan fingerprint density at radius 3 is 2.59 bits per heavy atom. The lowest BCUT2D eigenvalue weighted by Gasteiger charge is -2.09. The summed E-state index contributed by atoms with van der Waals surface area (Å²) >= 11 is 0. The van der Waals surface area contributed by atoms with Crippen LogP contribution < -0.4 is 5.32 Å². The van der Waals surface area contributed by atoms with Crippen LogP contribution >= 0.6 is 0 Å². The molecule has 1 heterocycles. The van der Waals surface area contributed by atoms with Gasteiger partial charge in [-0.15, -0.1) is 0 Å². The van der Waals surface area contributed by atoms with E-state index in [1.165, 1.54) is 0 Å². The van der Waals surface area contributed by atoms with Crippen LogP contribution in [0.15, 0.2) is 42.7 Å². The van der Waals surface area contributed by atoms with E-state index in [0.29, 0.717) is 5.69 Å². The van der Waals surface area contributed by atoms with Crippen molar-refractivity contribution in [3.05, 3.63) is 53.9 Å². The quantitative estimate of drug-likeness (QED) is 0.847. The van der Waals surface area contributed by atoms with E-state index in [9.17, 15) is 4.79 Å². The van der Waals surface area contributed by atoms with Crippen molar-refractivity contribution in [1.82, 2.24) is 4.98 Å². The number of carboxylic acids is 1. The van der Waals surface area contributed by atoms with Crippen LogP contribution in [0.1, 0.15) is 15.9 Å². The van der Waals surface area contributed by atoms with E-state index in [1.54, 1.807) is 36.7 Å². The van der Waals surface area contributed by atoms with Crippen LogP contribution in [-0.4, -0.2) is 16.1 Å². The van der Waals surface area contributed by atoms with Gasteiger partial charge in [-0.2, -0.15) is 0 Å². The molecule has 4 nitrogen and oxygen atoms in total. The molecule has 0 aliphatic carbocycles. The second-order valence-corrected chi connectivity index (χ2v) is 3.72. The van der Waals surface area contributed by atoms with Crippen LogP contribution in [0.3, 0.4) is 0 Å². The molecular weight excluding hydrogens is 216 g/mol. The number of nitrogens with one attached hydrogen (secondary N) is 1. The van der Waals surface area contributed by atoms with Gasteiger partial charge < -0.3 is 10.4 Å². The zero-order valence-corrected chi connectivity index (χ0v) is 9.34. The first-order valence-electron chi connectivity index (χ1n) is 5.18. The van der Waals surface area contributed by atoms with Crippen LogP contribution in [0.4, 0.5) is 11.4 Å². The minimum absolute atomic E-state index is 0.266. The third kappa shape index (κ3) is 2.60.